The molecule has 1 aliphatic rings. The van der Waals surface area contributed by atoms with E-state index in [-0.39, 0.29) is 11.7 Å². The molecule has 1 saturated heterocycles. The van der Waals surface area contributed by atoms with Gasteiger partial charge in [0.25, 0.3) is 0 Å². The predicted octanol–water partition coefficient (Wildman–Crippen LogP) is 3.90. The summed E-state index contributed by atoms with van der Waals surface area (Å²) in [7, 11) is 0. The van der Waals surface area contributed by atoms with Crippen molar-refractivity contribution in [3.8, 4) is 5.75 Å². The predicted molar refractivity (Wildman–Crippen MR) is 69.6 cm³/mol. The Hall–Kier alpha value is -1.09. The minimum absolute atomic E-state index is 0.205. The molecule has 0 saturated carbocycles. The van der Waals surface area contributed by atoms with Crippen LogP contribution in [-0.4, -0.2) is 18.8 Å². The lowest BCUT2D eigenvalue weighted by atomic mass is 9.94. The van der Waals surface area contributed by atoms with Crippen molar-refractivity contribution in [2.24, 2.45) is 0 Å². The topological polar surface area (TPSA) is 21.8 Å². The van der Waals surface area contributed by atoms with E-state index in [1.165, 1.54) is 6.07 Å². The third-order valence-corrected chi connectivity index (χ3v) is 3.48. The number of epoxide rings is 1. The Kier molecular flexibility index (Phi) is 4.23. The summed E-state index contributed by atoms with van der Waals surface area (Å²) in [5.74, 6) is 0.841. The van der Waals surface area contributed by atoms with Crippen LogP contribution in [0.3, 0.4) is 0 Å². The molecule has 1 aromatic carbocycles. The second kappa shape index (κ2) is 5.70. The maximum atomic E-state index is 13.4. The molecule has 1 aliphatic heterocycles. The molecule has 2 rings (SSSR count). The number of ether oxygens (including phenoxy) is 2. The Morgan fingerprint density at radius 3 is 2.72 bits per heavy atom. The summed E-state index contributed by atoms with van der Waals surface area (Å²) in [5, 5.41) is 0. The number of halogens is 1. The standard InChI is InChI=1S/C15H21FO2/c1-4-13-15(18-13)8-10(3)12-9-11(16)6-7-14(12)17-5-2/h6-7,9-10,13,15H,4-5,8H2,1-3H3. The van der Waals surface area contributed by atoms with Gasteiger partial charge in [-0.25, -0.2) is 4.39 Å². The van der Waals surface area contributed by atoms with Crippen molar-refractivity contribution in [1.82, 2.24) is 0 Å². The van der Waals surface area contributed by atoms with E-state index >= 15 is 0 Å². The highest BCUT2D eigenvalue weighted by Crippen LogP contribution is 2.37. The highest BCUT2D eigenvalue weighted by Gasteiger charge is 2.38. The van der Waals surface area contributed by atoms with Gasteiger partial charge in [-0.05, 0) is 49.4 Å². The van der Waals surface area contributed by atoms with Gasteiger partial charge in [0.05, 0.1) is 18.8 Å². The Balaban J connectivity index is 2.07. The van der Waals surface area contributed by atoms with E-state index in [1.807, 2.05) is 6.92 Å². The fourth-order valence-corrected chi connectivity index (χ4v) is 2.41. The first kappa shape index (κ1) is 13.3. The summed E-state index contributed by atoms with van der Waals surface area (Å²) in [5.41, 5.74) is 0.946. The van der Waals surface area contributed by atoms with Gasteiger partial charge in [0.2, 0.25) is 0 Å². The first-order chi connectivity index (χ1) is 8.65. The molecule has 3 heteroatoms. The molecule has 0 N–H and O–H groups in total. The van der Waals surface area contributed by atoms with Gasteiger partial charge in [-0.3, -0.25) is 0 Å². The summed E-state index contributed by atoms with van der Waals surface area (Å²) in [6.07, 6.45) is 2.72. The lowest BCUT2D eigenvalue weighted by Gasteiger charge is -2.16. The Bertz CT molecular complexity index is 405. The largest absolute Gasteiger partial charge is 0.494 e. The Morgan fingerprint density at radius 2 is 2.11 bits per heavy atom. The Morgan fingerprint density at radius 1 is 1.33 bits per heavy atom. The van der Waals surface area contributed by atoms with E-state index in [0.717, 1.165) is 24.2 Å². The lowest BCUT2D eigenvalue weighted by Crippen LogP contribution is -2.05. The van der Waals surface area contributed by atoms with Gasteiger partial charge in [0.15, 0.2) is 0 Å². The van der Waals surface area contributed by atoms with E-state index in [1.54, 1.807) is 12.1 Å². The molecule has 18 heavy (non-hydrogen) atoms. The summed E-state index contributed by atoms with van der Waals surface area (Å²) in [6, 6.07) is 4.75. The second-order valence-corrected chi connectivity index (χ2v) is 4.87. The van der Waals surface area contributed by atoms with Crippen LogP contribution in [0.5, 0.6) is 5.75 Å². The average molecular weight is 252 g/mol. The fraction of sp³-hybridized carbons (Fsp3) is 0.600. The number of hydrogen-bond acceptors (Lipinski definition) is 2. The van der Waals surface area contributed by atoms with Crippen molar-refractivity contribution >= 4 is 0 Å². The fourth-order valence-electron chi connectivity index (χ4n) is 2.41. The molecule has 0 aromatic heterocycles. The van der Waals surface area contributed by atoms with E-state index in [4.69, 9.17) is 9.47 Å². The molecule has 2 nitrogen and oxygen atoms in total. The second-order valence-electron chi connectivity index (χ2n) is 4.87. The number of hydrogen-bond donors (Lipinski definition) is 0. The van der Waals surface area contributed by atoms with E-state index in [2.05, 4.69) is 13.8 Å². The van der Waals surface area contributed by atoms with Crippen LogP contribution in [-0.2, 0) is 4.74 Å². The molecule has 0 aliphatic carbocycles. The maximum Gasteiger partial charge on any atom is 0.123 e. The van der Waals surface area contributed by atoms with E-state index in [0.29, 0.717) is 18.8 Å². The first-order valence-corrected chi connectivity index (χ1v) is 6.73. The normalized spacial score (nSPS) is 23.8. The van der Waals surface area contributed by atoms with Crippen LogP contribution >= 0.6 is 0 Å². The number of benzene rings is 1. The van der Waals surface area contributed by atoms with Crippen LogP contribution < -0.4 is 4.74 Å². The van der Waals surface area contributed by atoms with E-state index < -0.39 is 0 Å². The minimum atomic E-state index is -0.205. The highest BCUT2D eigenvalue weighted by molar-refractivity contribution is 5.36. The minimum Gasteiger partial charge on any atom is -0.494 e. The molecule has 100 valence electrons. The molecule has 1 aromatic rings. The molecule has 0 bridgehead atoms. The van der Waals surface area contributed by atoms with Crippen LogP contribution in [0.2, 0.25) is 0 Å². The average Bonchev–Trinajstić information content (AvgIpc) is 3.10. The zero-order valence-corrected chi connectivity index (χ0v) is 11.3. The summed E-state index contributed by atoms with van der Waals surface area (Å²) < 4.78 is 24.5. The molecule has 1 heterocycles. The highest BCUT2D eigenvalue weighted by atomic mass is 19.1. The molecule has 3 atom stereocenters. The maximum absolute atomic E-state index is 13.4. The van der Waals surface area contributed by atoms with Crippen LogP contribution in [0, 0.1) is 5.82 Å². The van der Waals surface area contributed by atoms with Gasteiger partial charge in [0, 0.05) is 0 Å². The van der Waals surface area contributed by atoms with Crippen LogP contribution in [0.1, 0.15) is 45.1 Å². The van der Waals surface area contributed by atoms with Crippen molar-refractivity contribution in [2.45, 2.75) is 51.7 Å². The van der Waals surface area contributed by atoms with Gasteiger partial charge < -0.3 is 9.47 Å². The van der Waals surface area contributed by atoms with E-state index in [9.17, 15) is 4.39 Å². The third-order valence-electron chi connectivity index (χ3n) is 3.48. The molecule has 1 fully saturated rings. The molecular formula is C15H21FO2. The van der Waals surface area contributed by atoms with Crippen molar-refractivity contribution < 1.29 is 13.9 Å². The summed E-state index contributed by atoms with van der Waals surface area (Å²) >= 11 is 0. The third kappa shape index (κ3) is 3.02. The van der Waals surface area contributed by atoms with Gasteiger partial charge >= 0.3 is 0 Å². The molecule has 0 amide bonds. The van der Waals surface area contributed by atoms with Gasteiger partial charge in [-0.1, -0.05) is 13.8 Å². The van der Waals surface area contributed by atoms with Crippen molar-refractivity contribution in [3.05, 3.63) is 29.6 Å². The molecule has 0 spiro atoms. The van der Waals surface area contributed by atoms with Gasteiger partial charge in [0.1, 0.15) is 11.6 Å². The number of rotatable bonds is 6. The zero-order valence-electron chi connectivity index (χ0n) is 11.3. The summed E-state index contributed by atoms with van der Waals surface area (Å²) in [4.78, 5) is 0. The van der Waals surface area contributed by atoms with Gasteiger partial charge in [-0.15, -0.1) is 0 Å². The SMILES string of the molecule is CCOc1ccc(F)cc1C(C)CC1OC1CC. The summed E-state index contributed by atoms with van der Waals surface area (Å²) in [6.45, 7) is 6.77. The van der Waals surface area contributed by atoms with Gasteiger partial charge in [-0.2, -0.15) is 0 Å². The lowest BCUT2D eigenvalue weighted by molar-refractivity contribution is 0.328. The van der Waals surface area contributed by atoms with Crippen LogP contribution in [0.25, 0.3) is 0 Å². The van der Waals surface area contributed by atoms with Crippen LogP contribution in [0.4, 0.5) is 4.39 Å². The van der Waals surface area contributed by atoms with Crippen molar-refractivity contribution in [1.29, 1.82) is 0 Å². The quantitative estimate of drug-likeness (QED) is 0.716. The van der Waals surface area contributed by atoms with Crippen LogP contribution in [0.15, 0.2) is 18.2 Å². The molecular weight excluding hydrogens is 231 g/mol. The smallest absolute Gasteiger partial charge is 0.123 e. The van der Waals surface area contributed by atoms with Crippen molar-refractivity contribution in [3.63, 3.8) is 0 Å². The van der Waals surface area contributed by atoms with Crippen molar-refractivity contribution in [2.75, 3.05) is 6.61 Å². The molecule has 3 unspecified atom stereocenters. The Labute approximate surface area is 108 Å². The monoisotopic (exact) mass is 252 g/mol. The molecule has 0 radical (unpaired) electrons. The first-order valence-electron chi connectivity index (χ1n) is 6.73. The zero-order chi connectivity index (χ0) is 13.1.